The normalized spacial score (nSPS) is 14.5. The molecule has 2 amide bonds. The van der Waals surface area contributed by atoms with E-state index in [1.807, 2.05) is 17.0 Å². The van der Waals surface area contributed by atoms with Crippen LogP contribution in [0.4, 0.5) is 5.82 Å². The van der Waals surface area contributed by atoms with E-state index < -0.39 is 0 Å². The van der Waals surface area contributed by atoms with Crippen LogP contribution in [0.1, 0.15) is 56.3 Å². The molecule has 1 N–H and O–H groups in total. The van der Waals surface area contributed by atoms with E-state index in [-0.39, 0.29) is 11.8 Å². The molecule has 1 aromatic heterocycles. The predicted octanol–water partition coefficient (Wildman–Crippen LogP) is 2.45. The summed E-state index contributed by atoms with van der Waals surface area (Å²) < 4.78 is 0. The lowest BCUT2D eigenvalue weighted by Crippen LogP contribution is -2.49. The number of carbonyl (C=O) groups excluding carboxylic acids is 2. The first-order chi connectivity index (χ1) is 12.2. The van der Waals surface area contributed by atoms with Gasteiger partial charge in [-0.15, -0.1) is 0 Å². The quantitative estimate of drug-likeness (QED) is 0.734. The first-order valence-electron chi connectivity index (χ1n) is 9.42. The average molecular weight is 346 g/mol. The van der Waals surface area contributed by atoms with Gasteiger partial charge in [-0.1, -0.05) is 26.7 Å². The SMILES string of the molecule is CCCCNC(=O)c1ccc(N2CCN(C(=O)CCCC)CC2)nc1. The number of hydrogen-bond donors (Lipinski definition) is 1. The van der Waals surface area contributed by atoms with E-state index in [4.69, 9.17) is 0 Å². The van der Waals surface area contributed by atoms with Crippen LogP contribution in [-0.2, 0) is 4.79 Å². The summed E-state index contributed by atoms with van der Waals surface area (Å²) in [5.74, 6) is 1.05. The molecule has 6 nitrogen and oxygen atoms in total. The second-order valence-corrected chi connectivity index (χ2v) is 6.49. The van der Waals surface area contributed by atoms with E-state index in [0.29, 0.717) is 18.5 Å². The number of amides is 2. The number of piperazine rings is 1. The summed E-state index contributed by atoms with van der Waals surface area (Å²) in [4.78, 5) is 32.6. The van der Waals surface area contributed by atoms with Gasteiger partial charge in [0, 0.05) is 45.3 Å². The highest BCUT2D eigenvalue weighted by molar-refractivity contribution is 5.94. The van der Waals surface area contributed by atoms with Gasteiger partial charge in [-0.2, -0.15) is 0 Å². The molecule has 25 heavy (non-hydrogen) atoms. The molecular weight excluding hydrogens is 316 g/mol. The van der Waals surface area contributed by atoms with Crippen molar-refractivity contribution in [3.8, 4) is 0 Å². The third kappa shape index (κ3) is 5.73. The number of rotatable bonds is 8. The Balaban J connectivity index is 1.83. The number of nitrogens with zero attached hydrogens (tertiary/aromatic N) is 3. The molecule has 2 heterocycles. The predicted molar refractivity (Wildman–Crippen MR) is 99.8 cm³/mol. The van der Waals surface area contributed by atoms with Crippen LogP contribution in [0.25, 0.3) is 0 Å². The van der Waals surface area contributed by atoms with Gasteiger partial charge < -0.3 is 15.1 Å². The molecule has 0 aromatic carbocycles. The molecule has 0 radical (unpaired) electrons. The Kier molecular flexibility index (Phi) is 7.70. The van der Waals surface area contributed by atoms with E-state index in [2.05, 4.69) is 29.0 Å². The third-order valence-corrected chi connectivity index (χ3v) is 4.53. The summed E-state index contributed by atoms with van der Waals surface area (Å²) in [6.07, 6.45) is 6.34. The van der Waals surface area contributed by atoms with Crippen LogP contribution in [-0.4, -0.2) is 54.4 Å². The Hall–Kier alpha value is -2.11. The Morgan fingerprint density at radius 1 is 1.08 bits per heavy atom. The van der Waals surface area contributed by atoms with Crippen LogP contribution in [0.15, 0.2) is 18.3 Å². The fraction of sp³-hybridized carbons (Fsp3) is 0.632. The van der Waals surface area contributed by atoms with Crippen LogP contribution in [0.3, 0.4) is 0 Å². The fourth-order valence-corrected chi connectivity index (χ4v) is 2.86. The van der Waals surface area contributed by atoms with Crippen molar-refractivity contribution in [3.05, 3.63) is 23.9 Å². The molecule has 1 aromatic rings. The fourth-order valence-electron chi connectivity index (χ4n) is 2.86. The first kappa shape index (κ1) is 19.2. The standard InChI is InChI=1S/C19H30N4O2/c1-3-5-7-18(24)23-13-11-22(12-14-23)17-9-8-16(15-21-17)19(25)20-10-6-4-2/h8-9,15H,3-7,10-14H2,1-2H3,(H,20,25). The number of anilines is 1. The molecular formula is C19H30N4O2. The van der Waals surface area contributed by atoms with Crippen molar-refractivity contribution in [1.82, 2.24) is 15.2 Å². The molecule has 0 spiro atoms. The summed E-state index contributed by atoms with van der Waals surface area (Å²) in [6.45, 7) is 7.95. The number of carbonyl (C=O) groups is 2. The van der Waals surface area contributed by atoms with Crippen molar-refractivity contribution in [2.75, 3.05) is 37.6 Å². The molecule has 0 unspecified atom stereocenters. The zero-order valence-electron chi connectivity index (χ0n) is 15.5. The maximum Gasteiger partial charge on any atom is 0.252 e. The summed E-state index contributed by atoms with van der Waals surface area (Å²) >= 11 is 0. The van der Waals surface area contributed by atoms with E-state index in [1.54, 1.807) is 6.20 Å². The molecule has 6 heteroatoms. The maximum absolute atomic E-state index is 12.1. The second kappa shape index (κ2) is 10.0. The van der Waals surface area contributed by atoms with Gasteiger partial charge in [-0.05, 0) is 25.0 Å². The average Bonchev–Trinajstić information content (AvgIpc) is 2.66. The van der Waals surface area contributed by atoms with E-state index >= 15 is 0 Å². The molecule has 138 valence electrons. The minimum absolute atomic E-state index is 0.0705. The van der Waals surface area contributed by atoms with Crippen LogP contribution in [0, 0.1) is 0 Å². The van der Waals surface area contributed by atoms with Gasteiger partial charge in [0.1, 0.15) is 5.82 Å². The minimum atomic E-state index is -0.0705. The van der Waals surface area contributed by atoms with Gasteiger partial charge in [0.05, 0.1) is 5.56 Å². The minimum Gasteiger partial charge on any atom is -0.353 e. The maximum atomic E-state index is 12.1. The lowest BCUT2D eigenvalue weighted by Gasteiger charge is -2.35. The molecule has 1 saturated heterocycles. The molecule has 1 aliphatic heterocycles. The highest BCUT2D eigenvalue weighted by atomic mass is 16.2. The highest BCUT2D eigenvalue weighted by Crippen LogP contribution is 2.15. The summed E-state index contributed by atoms with van der Waals surface area (Å²) in [5.41, 5.74) is 0.591. The van der Waals surface area contributed by atoms with Crippen molar-refractivity contribution in [1.29, 1.82) is 0 Å². The molecule has 0 saturated carbocycles. The topological polar surface area (TPSA) is 65.5 Å². The monoisotopic (exact) mass is 346 g/mol. The summed E-state index contributed by atoms with van der Waals surface area (Å²) in [6, 6.07) is 3.71. The van der Waals surface area contributed by atoms with Crippen molar-refractivity contribution in [2.45, 2.75) is 46.0 Å². The van der Waals surface area contributed by atoms with E-state index in [1.165, 1.54) is 0 Å². The van der Waals surface area contributed by atoms with Gasteiger partial charge in [-0.3, -0.25) is 9.59 Å². The second-order valence-electron chi connectivity index (χ2n) is 6.49. The van der Waals surface area contributed by atoms with Crippen LogP contribution < -0.4 is 10.2 Å². The third-order valence-electron chi connectivity index (χ3n) is 4.53. The van der Waals surface area contributed by atoms with E-state index in [0.717, 1.165) is 57.7 Å². The van der Waals surface area contributed by atoms with Gasteiger partial charge in [0.2, 0.25) is 5.91 Å². The van der Waals surface area contributed by atoms with Crippen molar-refractivity contribution in [2.24, 2.45) is 0 Å². The molecule has 1 fully saturated rings. The summed E-state index contributed by atoms with van der Waals surface area (Å²) in [7, 11) is 0. The number of hydrogen-bond acceptors (Lipinski definition) is 4. The number of unbranched alkanes of at least 4 members (excludes halogenated alkanes) is 2. The van der Waals surface area contributed by atoms with Crippen LogP contribution in [0.5, 0.6) is 0 Å². The molecule has 0 atom stereocenters. The number of aromatic nitrogens is 1. The largest absolute Gasteiger partial charge is 0.353 e. The Bertz CT molecular complexity index is 551. The van der Waals surface area contributed by atoms with Crippen molar-refractivity contribution >= 4 is 17.6 Å². The van der Waals surface area contributed by atoms with Gasteiger partial charge in [-0.25, -0.2) is 4.98 Å². The molecule has 1 aliphatic rings. The van der Waals surface area contributed by atoms with Crippen molar-refractivity contribution < 1.29 is 9.59 Å². The first-order valence-corrected chi connectivity index (χ1v) is 9.42. The zero-order chi connectivity index (χ0) is 18.1. The Morgan fingerprint density at radius 3 is 2.40 bits per heavy atom. The lowest BCUT2D eigenvalue weighted by atomic mass is 10.2. The lowest BCUT2D eigenvalue weighted by molar-refractivity contribution is -0.131. The molecule has 0 bridgehead atoms. The van der Waals surface area contributed by atoms with Crippen molar-refractivity contribution in [3.63, 3.8) is 0 Å². The van der Waals surface area contributed by atoms with E-state index in [9.17, 15) is 9.59 Å². The number of pyridine rings is 1. The smallest absolute Gasteiger partial charge is 0.252 e. The highest BCUT2D eigenvalue weighted by Gasteiger charge is 2.21. The molecule has 0 aliphatic carbocycles. The number of nitrogens with one attached hydrogen (secondary N) is 1. The Labute approximate surface area is 150 Å². The molecule has 2 rings (SSSR count). The zero-order valence-corrected chi connectivity index (χ0v) is 15.5. The van der Waals surface area contributed by atoms with Gasteiger partial charge >= 0.3 is 0 Å². The Morgan fingerprint density at radius 2 is 1.80 bits per heavy atom. The van der Waals surface area contributed by atoms with Crippen LogP contribution in [0.2, 0.25) is 0 Å². The van der Waals surface area contributed by atoms with Gasteiger partial charge in [0.25, 0.3) is 5.91 Å². The van der Waals surface area contributed by atoms with Gasteiger partial charge in [0.15, 0.2) is 0 Å². The summed E-state index contributed by atoms with van der Waals surface area (Å²) in [5, 5.41) is 2.90. The van der Waals surface area contributed by atoms with Crippen LogP contribution >= 0.6 is 0 Å².